The number of hydrogen-bond acceptors (Lipinski definition) is 3. The van der Waals surface area contributed by atoms with Crippen molar-refractivity contribution in [2.45, 2.75) is 20.1 Å². The van der Waals surface area contributed by atoms with Crippen molar-refractivity contribution in [3.05, 3.63) is 53.2 Å². The zero-order chi connectivity index (χ0) is 13.0. The molecule has 0 fully saturated rings. The van der Waals surface area contributed by atoms with Gasteiger partial charge in [0.05, 0.1) is 12.8 Å². The van der Waals surface area contributed by atoms with E-state index >= 15 is 0 Å². The summed E-state index contributed by atoms with van der Waals surface area (Å²) in [5.74, 6) is 1.30. The Labute approximate surface area is 106 Å². The number of ether oxygens (including phenoxy) is 1. The molecule has 0 aliphatic rings. The van der Waals surface area contributed by atoms with E-state index in [1.54, 1.807) is 12.3 Å². The first-order valence-electron chi connectivity index (χ1n) is 5.79. The van der Waals surface area contributed by atoms with Crippen molar-refractivity contribution in [2.75, 3.05) is 7.05 Å². The molecule has 1 aromatic carbocycles. The largest absolute Gasteiger partial charge is 0.488 e. The van der Waals surface area contributed by atoms with Crippen LogP contribution < -0.4 is 10.1 Å². The van der Waals surface area contributed by atoms with Crippen molar-refractivity contribution >= 4 is 0 Å². The average molecular weight is 249 g/mol. The highest BCUT2D eigenvalue weighted by Crippen LogP contribution is 2.21. The van der Waals surface area contributed by atoms with Gasteiger partial charge >= 0.3 is 0 Å². The van der Waals surface area contributed by atoms with E-state index < -0.39 is 0 Å². The van der Waals surface area contributed by atoms with Crippen molar-refractivity contribution in [3.8, 4) is 5.75 Å². The molecule has 2 rings (SSSR count). The van der Waals surface area contributed by atoms with E-state index in [1.807, 2.05) is 20.0 Å². The Morgan fingerprint density at radius 3 is 2.89 bits per heavy atom. The molecule has 1 N–H and O–H groups in total. The first kappa shape index (κ1) is 12.6. The van der Waals surface area contributed by atoms with E-state index in [1.165, 1.54) is 12.1 Å². The summed E-state index contributed by atoms with van der Waals surface area (Å²) in [6.07, 6.45) is 1.64. The third kappa shape index (κ3) is 2.90. The van der Waals surface area contributed by atoms with E-state index in [0.29, 0.717) is 18.9 Å². The maximum Gasteiger partial charge on any atom is 0.124 e. The Bertz CT molecular complexity index is 522. The zero-order valence-corrected chi connectivity index (χ0v) is 10.5. The number of benzene rings is 1. The number of rotatable bonds is 5. The second-order valence-corrected chi connectivity index (χ2v) is 4.10. The molecule has 0 saturated heterocycles. The molecule has 1 heterocycles. The molecule has 0 radical (unpaired) electrons. The summed E-state index contributed by atoms with van der Waals surface area (Å²) in [7, 11) is 1.86. The molecule has 2 aromatic rings. The highest BCUT2D eigenvalue weighted by molar-refractivity contribution is 5.33. The second kappa shape index (κ2) is 5.69. The molecule has 96 valence electrons. The molecule has 0 aliphatic carbocycles. The molecule has 0 atom stereocenters. The highest BCUT2D eigenvalue weighted by Gasteiger charge is 2.07. The van der Waals surface area contributed by atoms with Crippen LogP contribution in [0.3, 0.4) is 0 Å². The molecular formula is C14H16FNO2. The summed E-state index contributed by atoms with van der Waals surface area (Å²) < 4.78 is 24.0. The van der Waals surface area contributed by atoms with Gasteiger partial charge in [0.25, 0.3) is 0 Å². The maximum atomic E-state index is 12.9. The van der Waals surface area contributed by atoms with Crippen LogP contribution in [0, 0.1) is 12.7 Å². The predicted molar refractivity (Wildman–Crippen MR) is 66.9 cm³/mol. The minimum Gasteiger partial charge on any atom is -0.488 e. The smallest absolute Gasteiger partial charge is 0.124 e. The second-order valence-electron chi connectivity index (χ2n) is 4.10. The van der Waals surface area contributed by atoms with Gasteiger partial charge in [0.15, 0.2) is 0 Å². The SMILES string of the molecule is CNCc1occc1COc1ccc(F)cc1C. The number of aryl methyl sites for hydroxylation is 1. The van der Waals surface area contributed by atoms with Crippen LogP contribution in [0.25, 0.3) is 0 Å². The lowest BCUT2D eigenvalue weighted by molar-refractivity contribution is 0.299. The lowest BCUT2D eigenvalue weighted by Crippen LogP contribution is -2.07. The molecule has 0 unspecified atom stereocenters. The van der Waals surface area contributed by atoms with Crippen LogP contribution in [0.4, 0.5) is 4.39 Å². The number of hydrogen-bond donors (Lipinski definition) is 1. The van der Waals surface area contributed by atoms with Crippen LogP contribution >= 0.6 is 0 Å². The van der Waals surface area contributed by atoms with Gasteiger partial charge in [-0.3, -0.25) is 0 Å². The number of furan rings is 1. The van der Waals surface area contributed by atoms with E-state index in [4.69, 9.17) is 9.15 Å². The molecule has 1 aromatic heterocycles. The van der Waals surface area contributed by atoms with Crippen molar-refractivity contribution in [1.82, 2.24) is 5.32 Å². The van der Waals surface area contributed by atoms with Crippen LogP contribution in [0.1, 0.15) is 16.9 Å². The quantitative estimate of drug-likeness (QED) is 0.884. The molecule has 0 amide bonds. The normalized spacial score (nSPS) is 10.6. The zero-order valence-electron chi connectivity index (χ0n) is 10.5. The predicted octanol–water partition coefficient (Wildman–Crippen LogP) is 3.03. The fourth-order valence-corrected chi connectivity index (χ4v) is 1.74. The van der Waals surface area contributed by atoms with Crippen molar-refractivity contribution in [2.24, 2.45) is 0 Å². The van der Waals surface area contributed by atoms with Crippen molar-refractivity contribution < 1.29 is 13.5 Å². The Morgan fingerprint density at radius 2 is 2.17 bits per heavy atom. The third-order valence-electron chi connectivity index (χ3n) is 2.70. The Balaban J connectivity index is 2.04. The third-order valence-corrected chi connectivity index (χ3v) is 2.70. The fraction of sp³-hybridized carbons (Fsp3) is 0.286. The van der Waals surface area contributed by atoms with Crippen molar-refractivity contribution in [1.29, 1.82) is 0 Å². The summed E-state index contributed by atoms with van der Waals surface area (Å²) in [5, 5.41) is 3.03. The van der Waals surface area contributed by atoms with Gasteiger partial charge in [0.1, 0.15) is 23.9 Å². The van der Waals surface area contributed by atoms with Crippen molar-refractivity contribution in [3.63, 3.8) is 0 Å². The minimum atomic E-state index is -0.251. The standard InChI is InChI=1S/C14H16FNO2/c1-10-7-12(15)3-4-13(10)18-9-11-5-6-17-14(11)8-16-2/h3-7,16H,8-9H2,1-2H3. The van der Waals surface area contributed by atoms with E-state index in [0.717, 1.165) is 16.9 Å². The molecule has 18 heavy (non-hydrogen) atoms. The Morgan fingerprint density at radius 1 is 1.33 bits per heavy atom. The fourth-order valence-electron chi connectivity index (χ4n) is 1.74. The van der Waals surface area contributed by atoms with Gasteiger partial charge in [0.2, 0.25) is 0 Å². The lowest BCUT2D eigenvalue weighted by Gasteiger charge is -2.09. The van der Waals surface area contributed by atoms with Gasteiger partial charge in [-0.2, -0.15) is 0 Å². The summed E-state index contributed by atoms with van der Waals surface area (Å²) in [6.45, 7) is 2.90. The summed E-state index contributed by atoms with van der Waals surface area (Å²) >= 11 is 0. The number of nitrogens with one attached hydrogen (secondary N) is 1. The van der Waals surface area contributed by atoms with E-state index in [-0.39, 0.29) is 5.82 Å². The van der Waals surface area contributed by atoms with Gasteiger partial charge in [-0.25, -0.2) is 4.39 Å². The molecule has 0 spiro atoms. The van der Waals surface area contributed by atoms with Gasteiger partial charge in [-0.15, -0.1) is 0 Å². The van der Waals surface area contributed by atoms with Crippen LogP contribution in [0.15, 0.2) is 34.9 Å². The Hall–Kier alpha value is -1.81. The lowest BCUT2D eigenvalue weighted by atomic mass is 10.2. The number of halogens is 1. The van der Waals surface area contributed by atoms with Crippen LogP contribution in [0.5, 0.6) is 5.75 Å². The highest BCUT2D eigenvalue weighted by atomic mass is 19.1. The van der Waals surface area contributed by atoms with Crippen LogP contribution in [-0.2, 0) is 13.2 Å². The molecule has 0 aliphatic heterocycles. The van der Waals surface area contributed by atoms with E-state index in [9.17, 15) is 4.39 Å². The Kier molecular flexibility index (Phi) is 3.99. The summed E-state index contributed by atoms with van der Waals surface area (Å²) in [5.41, 5.74) is 1.78. The van der Waals surface area contributed by atoms with Gasteiger partial charge < -0.3 is 14.5 Å². The van der Waals surface area contributed by atoms with Crippen LogP contribution in [0.2, 0.25) is 0 Å². The van der Waals surface area contributed by atoms with E-state index in [2.05, 4.69) is 5.32 Å². The minimum absolute atomic E-state index is 0.251. The first-order valence-corrected chi connectivity index (χ1v) is 5.79. The maximum absolute atomic E-state index is 12.9. The van der Waals surface area contributed by atoms with Gasteiger partial charge in [-0.05, 0) is 43.8 Å². The monoisotopic (exact) mass is 249 g/mol. The molecule has 3 nitrogen and oxygen atoms in total. The molecule has 4 heteroatoms. The average Bonchev–Trinajstić information content (AvgIpc) is 2.76. The summed E-state index contributed by atoms with van der Waals surface area (Å²) in [4.78, 5) is 0. The van der Waals surface area contributed by atoms with Gasteiger partial charge in [0, 0.05) is 5.56 Å². The van der Waals surface area contributed by atoms with Gasteiger partial charge in [-0.1, -0.05) is 0 Å². The molecule has 0 bridgehead atoms. The topological polar surface area (TPSA) is 34.4 Å². The summed E-state index contributed by atoms with van der Waals surface area (Å²) in [6, 6.07) is 6.37. The molecule has 0 saturated carbocycles. The first-order chi connectivity index (χ1) is 8.70. The molecular weight excluding hydrogens is 233 g/mol. The van der Waals surface area contributed by atoms with Crippen LogP contribution in [-0.4, -0.2) is 7.05 Å².